The van der Waals surface area contributed by atoms with Gasteiger partial charge >= 0.3 is 0 Å². The molecule has 0 aliphatic heterocycles. The summed E-state index contributed by atoms with van der Waals surface area (Å²) in [6.07, 6.45) is 0. The van der Waals surface area contributed by atoms with E-state index in [2.05, 4.69) is 10.5 Å². The lowest BCUT2D eigenvalue weighted by atomic mass is 10.1. The lowest BCUT2D eigenvalue weighted by molar-refractivity contribution is -0.384. The molecule has 0 saturated heterocycles. The Morgan fingerprint density at radius 1 is 1.20 bits per heavy atom. The van der Waals surface area contributed by atoms with Crippen molar-refractivity contribution in [3.05, 3.63) is 74.1 Å². The summed E-state index contributed by atoms with van der Waals surface area (Å²) in [5, 5.41) is 16.0. The fourth-order valence-corrected chi connectivity index (χ4v) is 3.64. The van der Waals surface area contributed by atoms with Crippen LogP contribution in [-0.4, -0.2) is 16.5 Å². The van der Waals surface area contributed by atoms with Crippen LogP contribution in [0.4, 0.5) is 5.69 Å². The number of hydrogen-bond donors (Lipinski definition) is 1. The Hall–Kier alpha value is -2.77. The second kappa shape index (κ2) is 7.00. The number of nitro benzene ring substituents is 1. The van der Waals surface area contributed by atoms with Crippen LogP contribution < -0.4 is 5.43 Å². The number of thiophene rings is 1. The minimum absolute atomic E-state index is 0.00218. The standard InChI is InChI=1S/C17H12ClN3O3S/c1-10(11-6-8-12(9-7-11)21(23)24)19-20-17(22)16-15(18)13-4-2-3-5-14(13)25-16/h2-9H,1H3,(H,20,22). The number of fused-ring (bicyclic) bond motifs is 1. The van der Waals surface area contributed by atoms with E-state index in [1.54, 1.807) is 19.1 Å². The van der Waals surface area contributed by atoms with Crippen LogP contribution in [0.5, 0.6) is 0 Å². The summed E-state index contributed by atoms with van der Waals surface area (Å²) in [6.45, 7) is 1.70. The van der Waals surface area contributed by atoms with Crippen molar-refractivity contribution in [3.8, 4) is 0 Å². The van der Waals surface area contributed by atoms with Gasteiger partial charge in [0.15, 0.2) is 0 Å². The Morgan fingerprint density at radius 2 is 1.88 bits per heavy atom. The third kappa shape index (κ3) is 3.52. The molecule has 0 spiro atoms. The fraction of sp³-hybridized carbons (Fsp3) is 0.0588. The van der Waals surface area contributed by atoms with E-state index in [0.717, 1.165) is 10.1 Å². The third-order valence-corrected chi connectivity index (χ3v) is 5.24. The van der Waals surface area contributed by atoms with E-state index in [1.165, 1.54) is 23.5 Å². The third-order valence-electron chi connectivity index (χ3n) is 3.56. The highest BCUT2D eigenvalue weighted by molar-refractivity contribution is 7.21. The van der Waals surface area contributed by atoms with E-state index < -0.39 is 10.8 Å². The molecule has 0 aliphatic carbocycles. The van der Waals surface area contributed by atoms with Gasteiger partial charge in [0.1, 0.15) is 4.88 Å². The first-order valence-electron chi connectivity index (χ1n) is 7.24. The Balaban J connectivity index is 1.78. The van der Waals surface area contributed by atoms with Crippen molar-refractivity contribution in [2.24, 2.45) is 5.10 Å². The highest BCUT2D eigenvalue weighted by atomic mass is 35.5. The number of benzene rings is 2. The summed E-state index contributed by atoms with van der Waals surface area (Å²) in [4.78, 5) is 22.9. The summed E-state index contributed by atoms with van der Waals surface area (Å²) in [6, 6.07) is 13.4. The molecule has 25 heavy (non-hydrogen) atoms. The maximum Gasteiger partial charge on any atom is 0.283 e. The molecule has 1 heterocycles. The second-order valence-electron chi connectivity index (χ2n) is 5.18. The number of hydrazone groups is 1. The Morgan fingerprint density at radius 3 is 2.52 bits per heavy atom. The molecule has 126 valence electrons. The number of carbonyl (C=O) groups excluding carboxylic acids is 1. The number of carbonyl (C=O) groups is 1. The lowest BCUT2D eigenvalue weighted by Crippen LogP contribution is -2.18. The summed E-state index contributed by atoms with van der Waals surface area (Å²) in [5.41, 5.74) is 3.68. The van der Waals surface area contributed by atoms with Gasteiger partial charge in [0.05, 0.1) is 15.7 Å². The molecule has 0 atom stereocenters. The SMILES string of the molecule is CC(=NNC(=O)c1sc2ccccc2c1Cl)c1ccc([N+](=O)[O-])cc1. The molecule has 1 aromatic heterocycles. The van der Waals surface area contributed by atoms with Crippen molar-refractivity contribution in [2.45, 2.75) is 6.92 Å². The number of nitrogens with zero attached hydrogens (tertiary/aromatic N) is 2. The minimum Gasteiger partial charge on any atom is -0.266 e. The van der Waals surface area contributed by atoms with Crippen molar-refractivity contribution in [1.29, 1.82) is 0 Å². The number of nitro groups is 1. The molecular weight excluding hydrogens is 362 g/mol. The first-order valence-corrected chi connectivity index (χ1v) is 8.43. The average molecular weight is 374 g/mol. The van der Waals surface area contributed by atoms with Crippen LogP contribution in [0.15, 0.2) is 53.6 Å². The van der Waals surface area contributed by atoms with E-state index in [-0.39, 0.29) is 5.69 Å². The molecule has 0 bridgehead atoms. The van der Waals surface area contributed by atoms with Crippen molar-refractivity contribution < 1.29 is 9.72 Å². The molecule has 3 rings (SSSR count). The number of amides is 1. The Bertz CT molecular complexity index is 996. The van der Waals surface area contributed by atoms with Gasteiger partial charge in [-0.1, -0.05) is 29.8 Å². The normalized spacial score (nSPS) is 11.5. The first-order chi connectivity index (χ1) is 12.0. The summed E-state index contributed by atoms with van der Waals surface area (Å²) in [5.74, 6) is -0.396. The Kier molecular flexibility index (Phi) is 4.78. The number of non-ortho nitro benzene ring substituents is 1. The molecule has 2 aromatic carbocycles. The van der Waals surface area contributed by atoms with Gasteiger partial charge in [-0.15, -0.1) is 11.3 Å². The maximum atomic E-state index is 12.3. The van der Waals surface area contributed by atoms with Crippen molar-refractivity contribution in [3.63, 3.8) is 0 Å². The number of nitrogens with one attached hydrogen (secondary N) is 1. The quantitative estimate of drug-likeness (QED) is 0.411. The van der Waals surface area contributed by atoms with E-state index in [0.29, 0.717) is 21.2 Å². The minimum atomic E-state index is -0.471. The van der Waals surface area contributed by atoms with E-state index in [1.807, 2.05) is 24.3 Å². The monoisotopic (exact) mass is 373 g/mol. The molecule has 0 aliphatic rings. The molecule has 0 radical (unpaired) electrons. The van der Waals surface area contributed by atoms with Gasteiger partial charge < -0.3 is 0 Å². The predicted octanol–water partition coefficient (Wildman–Crippen LogP) is 4.62. The molecule has 0 saturated carbocycles. The van der Waals surface area contributed by atoms with Crippen LogP contribution in [0.25, 0.3) is 10.1 Å². The average Bonchev–Trinajstić information content (AvgIpc) is 2.96. The zero-order valence-corrected chi connectivity index (χ0v) is 14.6. The summed E-state index contributed by atoms with van der Waals surface area (Å²) < 4.78 is 0.925. The number of rotatable bonds is 4. The molecule has 1 N–H and O–H groups in total. The van der Waals surface area contributed by atoms with Crippen LogP contribution in [0.1, 0.15) is 22.2 Å². The number of hydrogen-bond acceptors (Lipinski definition) is 5. The molecular formula is C17H12ClN3O3S. The van der Waals surface area contributed by atoms with Crippen molar-refractivity contribution in [2.75, 3.05) is 0 Å². The molecule has 8 heteroatoms. The molecule has 0 unspecified atom stereocenters. The van der Waals surface area contributed by atoms with Gasteiger partial charge in [-0.2, -0.15) is 5.10 Å². The van der Waals surface area contributed by atoms with E-state index in [4.69, 9.17) is 11.6 Å². The maximum absolute atomic E-state index is 12.3. The first kappa shape index (κ1) is 17.1. The van der Waals surface area contributed by atoms with Crippen LogP contribution in [0.3, 0.4) is 0 Å². The van der Waals surface area contributed by atoms with Gasteiger partial charge in [-0.25, -0.2) is 5.43 Å². The second-order valence-corrected chi connectivity index (χ2v) is 6.61. The van der Waals surface area contributed by atoms with E-state index >= 15 is 0 Å². The van der Waals surface area contributed by atoms with Gasteiger partial charge in [0.25, 0.3) is 11.6 Å². The van der Waals surface area contributed by atoms with Crippen LogP contribution in [0, 0.1) is 10.1 Å². The fourth-order valence-electron chi connectivity index (χ4n) is 2.23. The topological polar surface area (TPSA) is 84.6 Å². The zero-order chi connectivity index (χ0) is 18.0. The number of halogens is 1. The highest BCUT2D eigenvalue weighted by Gasteiger charge is 2.16. The predicted molar refractivity (Wildman–Crippen MR) is 99.6 cm³/mol. The van der Waals surface area contributed by atoms with Gasteiger partial charge in [-0.3, -0.25) is 14.9 Å². The molecule has 3 aromatic rings. The molecule has 1 amide bonds. The van der Waals surface area contributed by atoms with Gasteiger partial charge in [0.2, 0.25) is 0 Å². The largest absolute Gasteiger partial charge is 0.283 e. The smallest absolute Gasteiger partial charge is 0.266 e. The van der Waals surface area contributed by atoms with Crippen LogP contribution in [-0.2, 0) is 0 Å². The van der Waals surface area contributed by atoms with Gasteiger partial charge in [-0.05, 0) is 30.7 Å². The molecule has 0 fully saturated rings. The van der Waals surface area contributed by atoms with E-state index in [9.17, 15) is 14.9 Å². The van der Waals surface area contributed by atoms with Gasteiger partial charge in [0, 0.05) is 22.2 Å². The Labute approximate surface area is 151 Å². The van der Waals surface area contributed by atoms with Crippen LogP contribution >= 0.6 is 22.9 Å². The summed E-state index contributed by atoms with van der Waals surface area (Å²) >= 11 is 7.57. The van der Waals surface area contributed by atoms with Crippen LogP contribution in [0.2, 0.25) is 5.02 Å². The highest BCUT2D eigenvalue weighted by Crippen LogP contribution is 2.34. The zero-order valence-electron chi connectivity index (χ0n) is 13.0. The van der Waals surface area contributed by atoms with Crippen molar-refractivity contribution >= 4 is 50.3 Å². The summed E-state index contributed by atoms with van der Waals surface area (Å²) in [7, 11) is 0. The molecule has 6 nitrogen and oxygen atoms in total. The lowest BCUT2D eigenvalue weighted by Gasteiger charge is -2.02. The van der Waals surface area contributed by atoms with Crippen molar-refractivity contribution in [1.82, 2.24) is 5.43 Å².